The molecule has 1 heterocycles. The van der Waals surface area contributed by atoms with Crippen LogP contribution in [0, 0.1) is 0 Å². The smallest absolute Gasteiger partial charge is 0.251 e. The first-order valence-corrected chi connectivity index (χ1v) is 10.3. The summed E-state index contributed by atoms with van der Waals surface area (Å²) in [5.41, 5.74) is 5.74. The van der Waals surface area contributed by atoms with Crippen LogP contribution in [-0.2, 0) is 12.8 Å². The lowest BCUT2D eigenvalue weighted by Gasteiger charge is -2.25. The number of methoxy groups -OCH3 is 1. The standard InChI is InChI=1S/C24H29N3O2/c1-27(2)23(16-8-11-18(29-3)12-9-16)15-25-24(28)17-10-13-22-20(14-17)19-6-4-5-7-21(19)26-22/h8-14,23,26H,4-7,15H2,1-3H3,(H,25,28). The van der Waals surface area contributed by atoms with Crippen LogP contribution in [0.4, 0.5) is 0 Å². The van der Waals surface area contributed by atoms with E-state index in [4.69, 9.17) is 4.74 Å². The molecular formula is C24H29N3O2. The second-order valence-corrected chi connectivity index (χ2v) is 8.01. The summed E-state index contributed by atoms with van der Waals surface area (Å²) >= 11 is 0. The second-order valence-electron chi connectivity index (χ2n) is 8.01. The van der Waals surface area contributed by atoms with Crippen molar-refractivity contribution in [3.63, 3.8) is 0 Å². The highest BCUT2D eigenvalue weighted by molar-refractivity contribution is 5.99. The lowest BCUT2D eigenvalue weighted by molar-refractivity contribution is 0.0942. The van der Waals surface area contributed by atoms with Crippen molar-refractivity contribution >= 4 is 16.8 Å². The highest BCUT2D eigenvalue weighted by atomic mass is 16.5. The number of rotatable bonds is 6. The summed E-state index contributed by atoms with van der Waals surface area (Å²) in [6.45, 7) is 0.543. The zero-order chi connectivity index (χ0) is 20.4. The molecule has 0 radical (unpaired) electrons. The summed E-state index contributed by atoms with van der Waals surface area (Å²) in [5.74, 6) is 0.802. The second kappa shape index (κ2) is 8.29. The molecule has 4 rings (SSSR count). The predicted octanol–water partition coefficient (Wildman–Crippen LogP) is 4.09. The number of fused-ring (bicyclic) bond motifs is 3. The van der Waals surface area contributed by atoms with E-state index in [0.29, 0.717) is 6.54 Å². The maximum atomic E-state index is 12.9. The fraction of sp³-hybridized carbons (Fsp3) is 0.375. The first-order chi connectivity index (χ1) is 14.1. The molecule has 1 aromatic heterocycles. The van der Waals surface area contributed by atoms with E-state index in [2.05, 4.69) is 15.2 Å². The fourth-order valence-corrected chi connectivity index (χ4v) is 4.26. The number of likely N-dealkylation sites (N-methyl/N-ethyl adjacent to an activating group) is 1. The van der Waals surface area contributed by atoms with Crippen molar-refractivity contribution in [2.45, 2.75) is 31.7 Å². The summed E-state index contributed by atoms with van der Waals surface area (Å²) in [7, 11) is 5.72. The van der Waals surface area contributed by atoms with E-state index in [1.165, 1.54) is 29.5 Å². The molecule has 1 unspecified atom stereocenters. The Hall–Kier alpha value is -2.79. The fourth-order valence-electron chi connectivity index (χ4n) is 4.26. The Balaban J connectivity index is 1.50. The molecule has 29 heavy (non-hydrogen) atoms. The predicted molar refractivity (Wildman–Crippen MR) is 117 cm³/mol. The quantitative estimate of drug-likeness (QED) is 0.665. The van der Waals surface area contributed by atoms with E-state index in [-0.39, 0.29) is 11.9 Å². The number of hydrogen-bond donors (Lipinski definition) is 2. The molecular weight excluding hydrogens is 362 g/mol. The van der Waals surface area contributed by atoms with Gasteiger partial charge in [0.2, 0.25) is 0 Å². The lowest BCUT2D eigenvalue weighted by Crippen LogP contribution is -2.34. The Morgan fingerprint density at radius 2 is 1.90 bits per heavy atom. The van der Waals surface area contributed by atoms with Crippen molar-refractivity contribution < 1.29 is 9.53 Å². The SMILES string of the molecule is COc1ccc(C(CNC(=O)c2ccc3[nH]c4c(c3c2)CCCC4)N(C)C)cc1. The summed E-state index contributed by atoms with van der Waals surface area (Å²) < 4.78 is 5.25. The number of aryl methyl sites for hydroxylation is 2. The van der Waals surface area contributed by atoms with Crippen LogP contribution in [0.5, 0.6) is 5.75 Å². The van der Waals surface area contributed by atoms with Gasteiger partial charge in [-0.25, -0.2) is 0 Å². The Bertz CT molecular complexity index is 1000. The molecule has 3 aromatic rings. The van der Waals surface area contributed by atoms with Gasteiger partial charge in [-0.15, -0.1) is 0 Å². The highest BCUT2D eigenvalue weighted by Gasteiger charge is 2.19. The van der Waals surface area contributed by atoms with Crippen LogP contribution in [0.15, 0.2) is 42.5 Å². The van der Waals surface area contributed by atoms with Crippen LogP contribution in [0.2, 0.25) is 0 Å². The number of benzene rings is 2. The number of hydrogen-bond acceptors (Lipinski definition) is 3. The van der Waals surface area contributed by atoms with E-state index in [1.54, 1.807) is 7.11 Å². The van der Waals surface area contributed by atoms with Crippen LogP contribution < -0.4 is 10.1 Å². The molecule has 1 amide bonds. The van der Waals surface area contributed by atoms with E-state index in [1.807, 2.05) is 56.6 Å². The van der Waals surface area contributed by atoms with E-state index in [0.717, 1.165) is 35.2 Å². The average molecular weight is 392 g/mol. The zero-order valence-electron chi connectivity index (χ0n) is 17.4. The number of H-pyrrole nitrogens is 1. The third-order valence-electron chi connectivity index (χ3n) is 5.94. The Morgan fingerprint density at radius 1 is 1.14 bits per heavy atom. The van der Waals surface area contributed by atoms with Crippen molar-refractivity contribution in [1.82, 2.24) is 15.2 Å². The maximum absolute atomic E-state index is 12.9. The number of carbonyl (C=O) groups excluding carboxylic acids is 1. The largest absolute Gasteiger partial charge is 0.497 e. The number of aromatic amines is 1. The minimum Gasteiger partial charge on any atom is -0.497 e. The van der Waals surface area contributed by atoms with Crippen molar-refractivity contribution in [2.24, 2.45) is 0 Å². The normalized spacial score (nSPS) is 14.6. The topological polar surface area (TPSA) is 57.4 Å². The molecule has 152 valence electrons. The molecule has 1 atom stereocenters. The third kappa shape index (κ3) is 4.01. The number of ether oxygens (including phenoxy) is 1. The van der Waals surface area contributed by atoms with Crippen LogP contribution in [0.25, 0.3) is 10.9 Å². The Morgan fingerprint density at radius 3 is 2.62 bits per heavy atom. The van der Waals surface area contributed by atoms with Gasteiger partial charge in [0.15, 0.2) is 0 Å². The van der Waals surface area contributed by atoms with Gasteiger partial charge >= 0.3 is 0 Å². The molecule has 0 saturated heterocycles. The van der Waals surface area contributed by atoms with Crippen LogP contribution >= 0.6 is 0 Å². The molecule has 2 N–H and O–H groups in total. The first-order valence-electron chi connectivity index (χ1n) is 10.3. The Labute approximate surface area is 172 Å². The van der Waals surface area contributed by atoms with Crippen LogP contribution in [0.3, 0.4) is 0 Å². The van der Waals surface area contributed by atoms with Gasteiger partial charge in [0.25, 0.3) is 5.91 Å². The molecule has 0 saturated carbocycles. The van der Waals surface area contributed by atoms with Crippen molar-refractivity contribution in [3.05, 3.63) is 64.8 Å². The van der Waals surface area contributed by atoms with E-state index < -0.39 is 0 Å². The van der Waals surface area contributed by atoms with Crippen LogP contribution in [-0.4, -0.2) is 43.5 Å². The molecule has 5 nitrogen and oxygen atoms in total. The molecule has 0 spiro atoms. The molecule has 0 aliphatic heterocycles. The van der Waals surface area contributed by atoms with Gasteiger partial charge in [0.1, 0.15) is 5.75 Å². The molecule has 1 aliphatic carbocycles. The lowest BCUT2D eigenvalue weighted by atomic mass is 9.95. The van der Waals surface area contributed by atoms with Gasteiger partial charge in [-0.3, -0.25) is 4.79 Å². The number of nitrogens with one attached hydrogen (secondary N) is 2. The van der Waals surface area contributed by atoms with Gasteiger partial charge in [0.05, 0.1) is 13.2 Å². The van der Waals surface area contributed by atoms with E-state index in [9.17, 15) is 4.79 Å². The summed E-state index contributed by atoms with van der Waals surface area (Å²) in [6, 6.07) is 14.1. The van der Waals surface area contributed by atoms with Crippen molar-refractivity contribution in [2.75, 3.05) is 27.7 Å². The summed E-state index contributed by atoms with van der Waals surface area (Å²) in [5, 5.41) is 4.32. The van der Waals surface area contributed by atoms with Gasteiger partial charge in [-0.05, 0) is 81.2 Å². The monoisotopic (exact) mass is 391 g/mol. The van der Waals surface area contributed by atoms with Crippen molar-refractivity contribution in [1.29, 1.82) is 0 Å². The van der Waals surface area contributed by atoms with Gasteiger partial charge < -0.3 is 19.9 Å². The molecule has 1 aliphatic rings. The number of nitrogens with zero attached hydrogens (tertiary/aromatic N) is 1. The maximum Gasteiger partial charge on any atom is 0.251 e. The summed E-state index contributed by atoms with van der Waals surface area (Å²) in [6.07, 6.45) is 4.67. The van der Waals surface area contributed by atoms with Gasteiger partial charge in [-0.2, -0.15) is 0 Å². The minimum atomic E-state index is -0.0296. The Kier molecular flexibility index (Phi) is 5.58. The molecule has 5 heteroatoms. The number of aromatic nitrogens is 1. The molecule has 2 aromatic carbocycles. The highest BCUT2D eigenvalue weighted by Crippen LogP contribution is 2.29. The van der Waals surface area contributed by atoms with Crippen molar-refractivity contribution in [3.8, 4) is 5.75 Å². The third-order valence-corrected chi connectivity index (χ3v) is 5.94. The molecule has 0 fully saturated rings. The average Bonchev–Trinajstić information content (AvgIpc) is 3.12. The zero-order valence-corrected chi connectivity index (χ0v) is 17.4. The van der Waals surface area contributed by atoms with Crippen LogP contribution in [0.1, 0.15) is 46.1 Å². The van der Waals surface area contributed by atoms with E-state index >= 15 is 0 Å². The first kappa shape index (κ1) is 19.5. The minimum absolute atomic E-state index is 0.0296. The molecule has 0 bridgehead atoms. The number of amides is 1. The van der Waals surface area contributed by atoms with Gasteiger partial charge in [0, 0.05) is 28.7 Å². The number of carbonyl (C=O) groups is 1. The van der Waals surface area contributed by atoms with Gasteiger partial charge in [-0.1, -0.05) is 12.1 Å². The summed E-state index contributed by atoms with van der Waals surface area (Å²) in [4.78, 5) is 18.5.